The maximum atomic E-state index is 5.89. The van der Waals surface area contributed by atoms with Gasteiger partial charge < -0.3 is 14.5 Å². The first-order valence-corrected chi connectivity index (χ1v) is 8.18. The van der Waals surface area contributed by atoms with Gasteiger partial charge in [-0.3, -0.25) is 4.90 Å². The molecule has 1 aliphatic rings. The molecule has 0 bridgehead atoms. The molecule has 0 saturated heterocycles. The second-order valence-corrected chi connectivity index (χ2v) is 6.17. The monoisotopic (exact) mass is 294 g/mol. The van der Waals surface area contributed by atoms with E-state index in [-0.39, 0.29) is 0 Å². The molecule has 1 saturated carbocycles. The zero-order chi connectivity index (χ0) is 15.2. The first kappa shape index (κ1) is 16.5. The zero-order valence-electron chi connectivity index (χ0n) is 13.9. The molecule has 2 rings (SSSR count). The quantitative estimate of drug-likeness (QED) is 0.719. The van der Waals surface area contributed by atoms with E-state index in [9.17, 15) is 0 Å². The lowest BCUT2D eigenvalue weighted by Crippen LogP contribution is -2.34. The number of ether oxygens (including phenoxy) is 1. The van der Waals surface area contributed by atoms with Crippen molar-refractivity contribution in [3.05, 3.63) is 23.2 Å². The Bertz CT molecular complexity index is 426. The summed E-state index contributed by atoms with van der Waals surface area (Å²) in [6, 6.07) is 3.49. The van der Waals surface area contributed by atoms with Crippen molar-refractivity contribution in [2.45, 2.75) is 65.2 Å². The van der Waals surface area contributed by atoms with Gasteiger partial charge in [0, 0.05) is 37.8 Å². The van der Waals surface area contributed by atoms with Crippen LogP contribution < -0.4 is 5.32 Å². The third-order valence-electron chi connectivity index (χ3n) is 4.38. The molecule has 21 heavy (non-hydrogen) atoms. The number of hydrogen-bond donors (Lipinski definition) is 1. The molecule has 4 heteroatoms. The molecule has 0 radical (unpaired) electrons. The summed E-state index contributed by atoms with van der Waals surface area (Å²) in [5.41, 5.74) is 1.30. The molecule has 1 fully saturated rings. The van der Waals surface area contributed by atoms with Crippen molar-refractivity contribution >= 4 is 0 Å². The van der Waals surface area contributed by atoms with Crippen LogP contribution in [0.3, 0.4) is 0 Å². The molecule has 1 aliphatic carbocycles. The Morgan fingerprint density at radius 2 is 2.24 bits per heavy atom. The maximum Gasteiger partial charge on any atom is 0.118 e. The van der Waals surface area contributed by atoms with E-state index in [1.165, 1.54) is 18.4 Å². The largest absolute Gasteiger partial charge is 0.465 e. The molecule has 1 heterocycles. The Kier molecular flexibility index (Phi) is 6.27. The van der Waals surface area contributed by atoms with E-state index in [0.717, 1.165) is 50.2 Å². The number of methoxy groups -OCH3 is 1. The first-order valence-electron chi connectivity index (χ1n) is 8.18. The van der Waals surface area contributed by atoms with Gasteiger partial charge in [0.2, 0.25) is 0 Å². The minimum Gasteiger partial charge on any atom is -0.465 e. The number of aryl methyl sites for hydroxylation is 1. The van der Waals surface area contributed by atoms with E-state index in [0.29, 0.717) is 6.04 Å². The summed E-state index contributed by atoms with van der Waals surface area (Å²) < 4.78 is 11.1. The standard InChI is InChI=1S/C17H30N2O2/c1-5-13(2)19(8-9-20-4)12-15-10-17(21-14(15)3)11-18-16-6-7-16/h10,13,16,18H,5-9,11-12H2,1-4H3. The Morgan fingerprint density at radius 1 is 1.48 bits per heavy atom. The molecule has 0 amide bonds. The number of nitrogens with one attached hydrogen (secondary N) is 1. The van der Waals surface area contributed by atoms with Crippen molar-refractivity contribution in [2.24, 2.45) is 0 Å². The van der Waals surface area contributed by atoms with Crippen LogP contribution in [0.1, 0.15) is 50.2 Å². The Hall–Kier alpha value is -0.840. The molecule has 0 aromatic carbocycles. The SMILES string of the molecule is CCC(C)N(CCOC)Cc1cc(CNC2CC2)oc1C. The van der Waals surface area contributed by atoms with Crippen molar-refractivity contribution in [1.82, 2.24) is 10.2 Å². The van der Waals surface area contributed by atoms with Crippen LogP contribution in [0, 0.1) is 6.92 Å². The Morgan fingerprint density at radius 3 is 2.86 bits per heavy atom. The summed E-state index contributed by atoms with van der Waals surface area (Å²) in [7, 11) is 1.76. The lowest BCUT2D eigenvalue weighted by molar-refractivity contribution is 0.117. The molecule has 1 N–H and O–H groups in total. The fourth-order valence-corrected chi connectivity index (χ4v) is 2.50. The van der Waals surface area contributed by atoms with Crippen molar-refractivity contribution in [3.8, 4) is 0 Å². The molecular weight excluding hydrogens is 264 g/mol. The lowest BCUT2D eigenvalue weighted by Gasteiger charge is -2.27. The highest BCUT2D eigenvalue weighted by Crippen LogP contribution is 2.22. The van der Waals surface area contributed by atoms with E-state index < -0.39 is 0 Å². The van der Waals surface area contributed by atoms with Crippen LogP contribution in [0.25, 0.3) is 0 Å². The third-order valence-corrected chi connectivity index (χ3v) is 4.38. The van der Waals surface area contributed by atoms with Crippen LogP contribution in [0.4, 0.5) is 0 Å². The Balaban J connectivity index is 1.94. The van der Waals surface area contributed by atoms with Crippen molar-refractivity contribution in [1.29, 1.82) is 0 Å². The molecule has 1 aromatic heterocycles. The van der Waals surface area contributed by atoms with Crippen molar-refractivity contribution < 1.29 is 9.15 Å². The van der Waals surface area contributed by atoms with Gasteiger partial charge in [0.1, 0.15) is 11.5 Å². The predicted molar refractivity (Wildman–Crippen MR) is 85.3 cm³/mol. The fraction of sp³-hybridized carbons (Fsp3) is 0.765. The molecule has 1 atom stereocenters. The average molecular weight is 294 g/mol. The molecule has 1 aromatic rings. The minimum absolute atomic E-state index is 0.558. The van der Waals surface area contributed by atoms with E-state index in [1.54, 1.807) is 7.11 Å². The van der Waals surface area contributed by atoms with Crippen LogP contribution in [0.15, 0.2) is 10.5 Å². The average Bonchev–Trinajstić information content (AvgIpc) is 3.25. The summed E-state index contributed by atoms with van der Waals surface area (Å²) >= 11 is 0. The number of nitrogens with zero attached hydrogens (tertiary/aromatic N) is 1. The van der Waals surface area contributed by atoms with E-state index in [4.69, 9.17) is 9.15 Å². The predicted octanol–water partition coefficient (Wildman–Crippen LogP) is 3.09. The smallest absolute Gasteiger partial charge is 0.118 e. The van der Waals surface area contributed by atoms with Gasteiger partial charge in [-0.1, -0.05) is 6.92 Å². The van der Waals surface area contributed by atoms with Crippen molar-refractivity contribution in [3.63, 3.8) is 0 Å². The van der Waals surface area contributed by atoms with E-state index in [2.05, 4.69) is 37.1 Å². The highest BCUT2D eigenvalue weighted by atomic mass is 16.5. The Labute approximate surface area is 128 Å². The van der Waals surface area contributed by atoms with Gasteiger partial charge in [0.05, 0.1) is 13.2 Å². The van der Waals surface area contributed by atoms with Gasteiger partial charge in [0.15, 0.2) is 0 Å². The van der Waals surface area contributed by atoms with Crippen LogP contribution in [0.5, 0.6) is 0 Å². The normalized spacial score (nSPS) is 16.6. The highest BCUT2D eigenvalue weighted by Gasteiger charge is 2.21. The molecule has 0 aliphatic heterocycles. The summed E-state index contributed by atoms with van der Waals surface area (Å²) in [6.07, 6.45) is 3.77. The minimum atomic E-state index is 0.558. The van der Waals surface area contributed by atoms with Gasteiger partial charge in [-0.2, -0.15) is 0 Å². The van der Waals surface area contributed by atoms with E-state index >= 15 is 0 Å². The highest BCUT2D eigenvalue weighted by molar-refractivity contribution is 5.21. The lowest BCUT2D eigenvalue weighted by atomic mass is 10.1. The summed E-state index contributed by atoms with van der Waals surface area (Å²) in [6.45, 7) is 10.1. The first-order chi connectivity index (χ1) is 10.1. The van der Waals surface area contributed by atoms with Crippen LogP contribution in [0.2, 0.25) is 0 Å². The van der Waals surface area contributed by atoms with Gasteiger partial charge in [0.25, 0.3) is 0 Å². The molecule has 4 nitrogen and oxygen atoms in total. The third kappa shape index (κ3) is 5.13. The zero-order valence-corrected chi connectivity index (χ0v) is 13.9. The molecule has 0 spiro atoms. The van der Waals surface area contributed by atoms with Gasteiger partial charge in [-0.25, -0.2) is 0 Å². The topological polar surface area (TPSA) is 37.6 Å². The molecule has 1 unspecified atom stereocenters. The second-order valence-electron chi connectivity index (χ2n) is 6.17. The van der Waals surface area contributed by atoms with E-state index in [1.807, 2.05) is 0 Å². The number of hydrogen-bond acceptors (Lipinski definition) is 4. The second kappa shape index (κ2) is 7.97. The number of furan rings is 1. The van der Waals surface area contributed by atoms with Crippen LogP contribution >= 0.6 is 0 Å². The van der Waals surface area contributed by atoms with Gasteiger partial charge >= 0.3 is 0 Å². The maximum absolute atomic E-state index is 5.89. The summed E-state index contributed by atoms with van der Waals surface area (Å²) in [5.74, 6) is 2.11. The molecular formula is C17H30N2O2. The van der Waals surface area contributed by atoms with Crippen LogP contribution in [-0.2, 0) is 17.8 Å². The summed E-state index contributed by atoms with van der Waals surface area (Å²) in [4.78, 5) is 2.47. The molecule has 120 valence electrons. The van der Waals surface area contributed by atoms with Gasteiger partial charge in [-0.05, 0) is 39.2 Å². The number of rotatable bonds is 10. The fourth-order valence-electron chi connectivity index (χ4n) is 2.50. The van der Waals surface area contributed by atoms with Crippen molar-refractivity contribution in [2.75, 3.05) is 20.3 Å². The van der Waals surface area contributed by atoms with Crippen LogP contribution in [-0.4, -0.2) is 37.2 Å². The summed E-state index contributed by atoms with van der Waals surface area (Å²) in [5, 5.41) is 3.51. The van der Waals surface area contributed by atoms with Gasteiger partial charge in [-0.15, -0.1) is 0 Å².